The number of amides is 1. The second-order valence-electron chi connectivity index (χ2n) is 8.34. The largest absolute Gasteiger partial charge is 0.451 e. The molecule has 3 aromatic heterocycles. The highest BCUT2D eigenvalue weighted by Crippen LogP contribution is 2.40. The van der Waals surface area contributed by atoms with Crippen LogP contribution in [0.2, 0.25) is 0 Å². The van der Waals surface area contributed by atoms with E-state index in [-0.39, 0.29) is 54.9 Å². The van der Waals surface area contributed by atoms with Gasteiger partial charge in [-0.3, -0.25) is 9.78 Å². The van der Waals surface area contributed by atoms with Crippen molar-refractivity contribution in [2.24, 2.45) is 5.18 Å². The molecule has 4 aromatic rings. The van der Waals surface area contributed by atoms with E-state index in [1.807, 2.05) is 0 Å². The molecular weight excluding hydrogens is 508 g/mol. The number of hydrogen-bond acceptors (Lipinski definition) is 8. The molecule has 1 aliphatic rings. The number of carbonyl (C=O) groups is 1. The first kappa shape index (κ1) is 25.0. The zero-order chi connectivity index (χ0) is 26.9. The normalized spacial score (nSPS) is 14.0. The van der Waals surface area contributed by atoms with Crippen molar-refractivity contribution >= 4 is 17.6 Å². The van der Waals surface area contributed by atoms with Crippen molar-refractivity contribution in [3.05, 3.63) is 83.2 Å². The molecule has 13 heteroatoms. The molecule has 4 heterocycles. The van der Waals surface area contributed by atoms with Gasteiger partial charge < -0.3 is 14.2 Å². The van der Waals surface area contributed by atoms with Crippen molar-refractivity contribution in [2.45, 2.75) is 6.18 Å². The Labute approximate surface area is 212 Å². The highest BCUT2D eigenvalue weighted by molar-refractivity contribution is 5.92. The summed E-state index contributed by atoms with van der Waals surface area (Å²) in [6.45, 7) is 0.567. The fraction of sp³-hybridized carbons (Fsp3) is 0.200. The number of rotatable bonds is 5. The van der Waals surface area contributed by atoms with Crippen molar-refractivity contribution in [2.75, 3.05) is 31.1 Å². The van der Waals surface area contributed by atoms with E-state index in [4.69, 9.17) is 4.42 Å². The number of nitroso groups, excluding NO2 is 1. The van der Waals surface area contributed by atoms with Crippen LogP contribution in [0.5, 0.6) is 0 Å². The molecule has 1 saturated heterocycles. The van der Waals surface area contributed by atoms with Crippen molar-refractivity contribution in [1.29, 1.82) is 0 Å². The van der Waals surface area contributed by atoms with Gasteiger partial charge in [0.25, 0.3) is 11.8 Å². The number of halogens is 4. The van der Waals surface area contributed by atoms with Crippen LogP contribution in [0.4, 0.5) is 29.3 Å². The number of benzene rings is 1. The van der Waals surface area contributed by atoms with Crippen molar-refractivity contribution < 1.29 is 26.8 Å². The first-order valence-corrected chi connectivity index (χ1v) is 11.4. The Balaban J connectivity index is 1.56. The summed E-state index contributed by atoms with van der Waals surface area (Å²) in [5.41, 5.74) is 1.10. The predicted octanol–water partition coefficient (Wildman–Crippen LogP) is 5.32. The Morgan fingerprint density at radius 2 is 1.58 bits per heavy atom. The monoisotopic (exact) mass is 526 g/mol. The number of aromatic nitrogens is 3. The van der Waals surface area contributed by atoms with E-state index in [2.05, 4.69) is 20.1 Å². The number of nitrogens with zero attached hydrogens (tertiary/aromatic N) is 6. The molecule has 0 atom stereocenters. The number of alkyl halides is 3. The maximum Gasteiger partial charge on any atom is 0.451 e. The van der Waals surface area contributed by atoms with Crippen molar-refractivity contribution in [1.82, 2.24) is 19.9 Å². The number of piperazine rings is 1. The van der Waals surface area contributed by atoms with Gasteiger partial charge in [-0.1, -0.05) is 12.1 Å². The van der Waals surface area contributed by atoms with Gasteiger partial charge in [0.1, 0.15) is 11.6 Å². The smallest absolute Gasteiger partial charge is 0.430 e. The maximum atomic E-state index is 13.9. The molecule has 0 radical (unpaired) electrons. The Hall–Kier alpha value is -4.68. The summed E-state index contributed by atoms with van der Waals surface area (Å²) in [4.78, 5) is 38.2. The molecule has 38 heavy (non-hydrogen) atoms. The highest BCUT2D eigenvalue weighted by Gasteiger charge is 2.38. The van der Waals surface area contributed by atoms with E-state index in [9.17, 15) is 27.3 Å². The van der Waals surface area contributed by atoms with E-state index < -0.39 is 23.7 Å². The van der Waals surface area contributed by atoms with Gasteiger partial charge in [-0.05, 0) is 35.9 Å². The predicted molar refractivity (Wildman–Crippen MR) is 128 cm³/mol. The van der Waals surface area contributed by atoms with E-state index in [1.54, 1.807) is 4.90 Å². The van der Waals surface area contributed by atoms with E-state index >= 15 is 0 Å². The Bertz CT molecular complexity index is 1470. The van der Waals surface area contributed by atoms with Crippen LogP contribution in [-0.2, 0) is 6.18 Å². The second kappa shape index (κ2) is 10.00. The average molecular weight is 526 g/mol. The minimum Gasteiger partial charge on any atom is -0.430 e. The topological polar surface area (TPSA) is 105 Å². The van der Waals surface area contributed by atoms with Gasteiger partial charge in [0.05, 0.1) is 11.3 Å². The van der Waals surface area contributed by atoms with Crippen LogP contribution in [0.3, 0.4) is 0 Å². The van der Waals surface area contributed by atoms with E-state index in [0.29, 0.717) is 11.1 Å². The second-order valence-corrected chi connectivity index (χ2v) is 8.34. The zero-order valence-electron chi connectivity index (χ0n) is 19.5. The third-order valence-electron chi connectivity index (χ3n) is 5.99. The van der Waals surface area contributed by atoms with Gasteiger partial charge in [-0.25, -0.2) is 14.4 Å². The number of carbonyl (C=O) groups excluding carboxylic acids is 1. The molecule has 0 saturated carbocycles. The lowest BCUT2D eigenvalue weighted by atomic mass is 9.99. The molecule has 0 bridgehead atoms. The number of furan rings is 1. The van der Waals surface area contributed by atoms with Crippen LogP contribution in [-0.4, -0.2) is 51.9 Å². The summed E-state index contributed by atoms with van der Waals surface area (Å²) >= 11 is 0. The molecule has 5 rings (SSSR count). The van der Waals surface area contributed by atoms with Crippen molar-refractivity contribution in [3.63, 3.8) is 0 Å². The van der Waals surface area contributed by atoms with Crippen molar-refractivity contribution in [3.8, 4) is 22.4 Å². The molecule has 1 fully saturated rings. The molecule has 0 unspecified atom stereocenters. The lowest BCUT2D eigenvalue weighted by Crippen LogP contribution is -2.49. The molecule has 1 aliphatic heterocycles. The van der Waals surface area contributed by atoms with Crippen LogP contribution in [0.25, 0.3) is 22.4 Å². The summed E-state index contributed by atoms with van der Waals surface area (Å²) < 4.78 is 60.5. The molecule has 1 aromatic carbocycles. The first-order valence-electron chi connectivity index (χ1n) is 11.4. The SMILES string of the molecule is O=Nc1ccc(C(=O)N2CCN(c3nc(C(F)(F)F)nc(-c4ccncc4)c3-c3ccc(F)cc3)CC2)o1. The van der Waals surface area contributed by atoms with Gasteiger partial charge in [0.15, 0.2) is 5.76 Å². The lowest BCUT2D eigenvalue weighted by Gasteiger charge is -2.36. The molecule has 0 aliphatic carbocycles. The van der Waals surface area contributed by atoms with E-state index in [1.165, 1.54) is 65.8 Å². The van der Waals surface area contributed by atoms with Crippen LogP contribution in [0, 0.1) is 10.7 Å². The Kier molecular flexibility index (Phi) is 6.57. The molecule has 1 amide bonds. The molecule has 0 N–H and O–H groups in total. The molecule has 194 valence electrons. The van der Waals surface area contributed by atoms with Gasteiger partial charge >= 0.3 is 6.18 Å². The lowest BCUT2D eigenvalue weighted by molar-refractivity contribution is -0.144. The Morgan fingerprint density at radius 1 is 0.895 bits per heavy atom. The summed E-state index contributed by atoms with van der Waals surface area (Å²) in [6, 6.07) is 11.0. The van der Waals surface area contributed by atoms with Crippen LogP contribution < -0.4 is 4.90 Å². The van der Waals surface area contributed by atoms with Crippen LogP contribution >= 0.6 is 0 Å². The van der Waals surface area contributed by atoms with Gasteiger partial charge in [-0.15, -0.1) is 4.91 Å². The molecular formula is C25H18F4N6O3. The third kappa shape index (κ3) is 4.94. The standard InChI is InChI=1S/C25H18F4N6O3/c26-17-3-1-15(2-4-17)20-21(16-7-9-30-10-8-16)31-24(25(27,28)29)32-22(20)34-11-13-35(14-12-34)23(36)18-5-6-19(33-37)38-18/h1-10H,11-14H2. The zero-order valence-corrected chi connectivity index (χ0v) is 19.5. The Morgan fingerprint density at radius 3 is 2.18 bits per heavy atom. The fourth-order valence-electron chi connectivity index (χ4n) is 4.17. The van der Waals surface area contributed by atoms with Crippen LogP contribution in [0.15, 0.2) is 70.5 Å². The minimum absolute atomic E-state index is 0.00304. The number of hydrogen-bond donors (Lipinski definition) is 0. The highest BCUT2D eigenvalue weighted by atomic mass is 19.4. The summed E-state index contributed by atoms with van der Waals surface area (Å²) in [6.07, 6.45) is -1.97. The first-order chi connectivity index (χ1) is 18.2. The van der Waals surface area contributed by atoms with Gasteiger partial charge in [0, 0.05) is 55.4 Å². The third-order valence-corrected chi connectivity index (χ3v) is 5.99. The summed E-state index contributed by atoms with van der Waals surface area (Å²) in [5, 5.41) is 2.65. The summed E-state index contributed by atoms with van der Waals surface area (Å²) in [5.74, 6) is -2.61. The van der Waals surface area contributed by atoms with Gasteiger partial charge in [-0.2, -0.15) is 13.2 Å². The van der Waals surface area contributed by atoms with Crippen LogP contribution in [0.1, 0.15) is 16.4 Å². The maximum absolute atomic E-state index is 13.9. The van der Waals surface area contributed by atoms with Gasteiger partial charge in [0.2, 0.25) is 5.82 Å². The van der Waals surface area contributed by atoms with E-state index in [0.717, 1.165) is 0 Å². The average Bonchev–Trinajstić information content (AvgIpc) is 3.42. The number of anilines is 1. The molecule has 9 nitrogen and oxygen atoms in total. The fourth-order valence-corrected chi connectivity index (χ4v) is 4.17. The quantitative estimate of drug-likeness (QED) is 0.256. The molecule has 0 spiro atoms. The number of pyridine rings is 1. The summed E-state index contributed by atoms with van der Waals surface area (Å²) in [7, 11) is 0. The minimum atomic E-state index is -4.83.